The van der Waals surface area contributed by atoms with Crippen molar-refractivity contribution in [1.82, 2.24) is 19.8 Å². The minimum atomic E-state index is -0.522. The summed E-state index contributed by atoms with van der Waals surface area (Å²) >= 11 is 0. The molecule has 1 aromatic heterocycles. The highest BCUT2D eigenvalue weighted by atomic mass is 19.1. The van der Waals surface area contributed by atoms with E-state index < -0.39 is 6.04 Å². The lowest BCUT2D eigenvalue weighted by molar-refractivity contribution is -0.00376. The van der Waals surface area contributed by atoms with Crippen molar-refractivity contribution < 1.29 is 13.9 Å². The van der Waals surface area contributed by atoms with Crippen molar-refractivity contribution in [1.29, 1.82) is 0 Å². The van der Waals surface area contributed by atoms with Crippen LogP contribution in [0.2, 0.25) is 0 Å². The highest BCUT2D eigenvalue weighted by molar-refractivity contribution is 5.75. The summed E-state index contributed by atoms with van der Waals surface area (Å²) in [6.07, 6.45) is 3.46. The summed E-state index contributed by atoms with van der Waals surface area (Å²) < 4.78 is 20.9. The summed E-state index contributed by atoms with van der Waals surface area (Å²) in [6.45, 7) is 3.51. The third-order valence-corrected chi connectivity index (χ3v) is 4.09. The molecule has 2 atom stereocenters. The van der Waals surface area contributed by atoms with Crippen molar-refractivity contribution in [2.75, 3.05) is 19.7 Å². The number of carbonyl (C=O) groups is 1. The minimum Gasteiger partial charge on any atom is -0.375 e. The van der Waals surface area contributed by atoms with E-state index in [1.807, 2.05) is 18.5 Å². The molecule has 0 unspecified atom stereocenters. The topological polar surface area (TPSA) is 59.4 Å². The first-order valence-electron chi connectivity index (χ1n) is 7.94. The molecule has 1 saturated heterocycles. The van der Waals surface area contributed by atoms with Crippen molar-refractivity contribution in [3.8, 4) is 0 Å². The number of hydrogen-bond donors (Lipinski definition) is 1. The van der Waals surface area contributed by atoms with Crippen molar-refractivity contribution in [2.45, 2.75) is 19.1 Å². The summed E-state index contributed by atoms with van der Waals surface area (Å²) in [5.74, 6) is 0.302. The van der Waals surface area contributed by atoms with Crippen LogP contribution in [-0.4, -0.2) is 46.3 Å². The molecule has 1 N–H and O–H groups in total. The molecule has 128 valence electrons. The van der Waals surface area contributed by atoms with E-state index in [4.69, 9.17) is 4.74 Å². The molecule has 3 rings (SSSR count). The Morgan fingerprint density at radius 1 is 1.50 bits per heavy atom. The van der Waals surface area contributed by atoms with E-state index >= 15 is 0 Å². The Morgan fingerprint density at radius 2 is 2.33 bits per heavy atom. The van der Waals surface area contributed by atoms with Crippen molar-refractivity contribution in [3.05, 3.63) is 53.9 Å². The van der Waals surface area contributed by atoms with Crippen LogP contribution in [0.3, 0.4) is 0 Å². The van der Waals surface area contributed by atoms with Gasteiger partial charge in [-0.3, -0.25) is 0 Å². The molecule has 2 amide bonds. The lowest BCUT2D eigenvalue weighted by Crippen LogP contribution is -2.50. The first-order chi connectivity index (χ1) is 11.5. The highest BCUT2D eigenvalue weighted by Crippen LogP contribution is 2.22. The van der Waals surface area contributed by atoms with Crippen LogP contribution in [0.4, 0.5) is 9.18 Å². The van der Waals surface area contributed by atoms with E-state index in [0.29, 0.717) is 31.1 Å². The van der Waals surface area contributed by atoms with Gasteiger partial charge in [0, 0.05) is 32.5 Å². The fraction of sp³-hybridized carbons (Fsp3) is 0.412. The van der Waals surface area contributed by atoms with Crippen LogP contribution >= 0.6 is 0 Å². The zero-order valence-corrected chi connectivity index (χ0v) is 13.8. The molecule has 0 aliphatic carbocycles. The van der Waals surface area contributed by atoms with Gasteiger partial charge in [0.1, 0.15) is 17.7 Å². The van der Waals surface area contributed by atoms with Crippen LogP contribution in [0.1, 0.15) is 24.4 Å². The second kappa shape index (κ2) is 7.00. The van der Waals surface area contributed by atoms with Gasteiger partial charge in [0.15, 0.2) is 0 Å². The third-order valence-electron chi connectivity index (χ3n) is 4.09. The molecular formula is C17H21FN4O2. The number of amides is 2. The van der Waals surface area contributed by atoms with Gasteiger partial charge < -0.3 is 19.5 Å². The molecule has 1 aromatic carbocycles. The first-order valence-corrected chi connectivity index (χ1v) is 7.94. The molecule has 2 aromatic rings. The number of ether oxygens (including phenoxy) is 1. The van der Waals surface area contributed by atoms with Crippen LogP contribution in [-0.2, 0) is 11.8 Å². The number of aryl methyl sites for hydroxylation is 1. The number of nitrogens with zero attached hydrogens (tertiary/aromatic N) is 3. The third kappa shape index (κ3) is 3.56. The number of benzene rings is 1. The standard InChI is InChI=1S/C17H21FN4O2/c1-12-11-22(8-9-24-12)17(23)20-15(16-19-6-7-21(16)2)13-4-3-5-14(18)10-13/h3-7,10,12,15H,8-9,11H2,1-2H3,(H,20,23)/t12-,15+/m1/s1. The maximum absolute atomic E-state index is 13.6. The molecule has 2 heterocycles. The van der Waals surface area contributed by atoms with Crippen LogP contribution < -0.4 is 5.32 Å². The predicted octanol–water partition coefficient (Wildman–Crippen LogP) is 2.08. The van der Waals surface area contributed by atoms with Crippen LogP contribution in [0, 0.1) is 5.82 Å². The minimum absolute atomic E-state index is 0.00489. The average Bonchev–Trinajstić information content (AvgIpc) is 2.98. The number of rotatable bonds is 3. The van der Waals surface area contributed by atoms with E-state index in [9.17, 15) is 9.18 Å². The number of urea groups is 1. The number of carbonyl (C=O) groups excluding carboxylic acids is 1. The number of nitrogens with one attached hydrogen (secondary N) is 1. The number of hydrogen-bond acceptors (Lipinski definition) is 3. The second-order valence-corrected chi connectivity index (χ2v) is 5.96. The van der Waals surface area contributed by atoms with Gasteiger partial charge in [0.2, 0.25) is 0 Å². The van der Waals surface area contributed by atoms with Crippen LogP contribution in [0.25, 0.3) is 0 Å². The predicted molar refractivity (Wildman–Crippen MR) is 87.0 cm³/mol. The van der Waals surface area contributed by atoms with E-state index in [-0.39, 0.29) is 18.0 Å². The highest BCUT2D eigenvalue weighted by Gasteiger charge is 2.26. The molecule has 0 bridgehead atoms. The van der Waals surface area contributed by atoms with Crippen molar-refractivity contribution >= 4 is 6.03 Å². The Kier molecular flexibility index (Phi) is 4.80. The average molecular weight is 332 g/mol. The number of halogens is 1. The first kappa shape index (κ1) is 16.4. The molecule has 1 fully saturated rings. The summed E-state index contributed by atoms with van der Waals surface area (Å²) in [5.41, 5.74) is 0.652. The second-order valence-electron chi connectivity index (χ2n) is 5.96. The maximum Gasteiger partial charge on any atom is 0.318 e. The van der Waals surface area contributed by atoms with Crippen molar-refractivity contribution in [2.24, 2.45) is 7.05 Å². The van der Waals surface area contributed by atoms with E-state index in [0.717, 1.165) is 0 Å². The fourth-order valence-corrected chi connectivity index (χ4v) is 2.86. The summed E-state index contributed by atoms with van der Waals surface area (Å²) in [6, 6.07) is 5.48. The van der Waals surface area contributed by atoms with Gasteiger partial charge in [-0.1, -0.05) is 12.1 Å². The van der Waals surface area contributed by atoms with Gasteiger partial charge in [0.05, 0.1) is 12.7 Å². The Bertz CT molecular complexity index is 718. The van der Waals surface area contributed by atoms with E-state index in [2.05, 4.69) is 10.3 Å². The lowest BCUT2D eigenvalue weighted by Gasteiger charge is -2.32. The zero-order chi connectivity index (χ0) is 17.1. The van der Waals surface area contributed by atoms with Crippen molar-refractivity contribution in [3.63, 3.8) is 0 Å². The largest absolute Gasteiger partial charge is 0.375 e. The monoisotopic (exact) mass is 332 g/mol. The zero-order valence-electron chi connectivity index (χ0n) is 13.8. The molecule has 7 heteroatoms. The van der Waals surface area contributed by atoms with Gasteiger partial charge in [-0.2, -0.15) is 0 Å². The van der Waals surface area contributed by atoms with Crippen LogP contribution in [0.15, 0.2) is 36.7 Å². The fourth-order valence-electron chi connectivity index (χ4n) is 2.86. The Labute approximate surface area is 140 Å². The van der Waals surface area contributed by atoms with Gasteiger partial charge >= 0.3 is 6.03 Å². The summed E-state index contributed by atoms with van der Waals surface area (Å²) in [7, 11) is 1.84. The number of imidazole rings is 1. The van der Waals surface area contributed by atoms with Gasteiger partial charge in [0.25, 0.3) is 0 Å². The molecule has 1 aliphatic heterocycles. The molecule has 24 heavy (non-hydrogen) atoms. The van der Waals surface area contributed by atoms with E-state index in [1.165, 1.54) is 12.1 Å². The normalized spacial score (nSPS) is 19.1. The Morgan fingerprint density at radius 3 is 3.00 bits per heavy atom. The summed E-state index contributed by atoms with van der Waals surface area (Å²) in [4.78, 5) is 18.7. The van der Waals surface area contributed by atoms with Gasteiger partial charge in [-0.15, -0.1) is 0 Å². The molecule has 0 spiro atoms. The molecule has 0 radical (unpaired) electrons. The Hall–Kier alpha value is -2.41. The molecule has 0 saturated carbocycles. The lowest BCUT2D eigenvalue weighted by atomic mass is 10.1. The van der Waals surface area contributed by atoms with Gasteiger partial charge in [-0.05, 0) is 24.6 Å². The number of aromatic nitrogens is 2. The van der Waals surface area contributed by atoms with Crippen LogP contribution in [0.5, 0.6) is 0 Å². The Balaban J connectivity index is 1.85. The molecular weight excluding hydrogens is 311 g/mol. The van der Waals surface area contributed by atoms with Gasteiger partial charge in [-0.25, -0.2) is 14.2 Å². The molecule has 1 aliphatic rings. The smallest absolute Gasteiger partial charge is 0.318 e. The molecule has 6 nitrogen and oxygen atoms in total. The quantitative estimate of drug-likeness (QED) is 0.936. The SMILES string of the molecule is C[C@@H]1CN(C(=O)N[C@@H](c2cccc(F)c2)c2nccn2C)CCO1. The number of morpholine rings is 1. The summed E-state index contributed by atoms with van der Waals surface area (Å²) in [5, 5.41) is 2.98. The maximum atomic E-state index is 13.6. The van der Waals surface area contributed by atoms with E-state index in [1.54, 1.807) is 29.4 Å².